The Hall–Kier alpha value is -0.790. The summed E-state index contributed by atoms with van der Waals surface area (Å²) in [5.41, 5.74) is -0.213. The number of morpholine rings is 1. The molecule has 0 N–H and O–H groups in total. The highest BCUT2D eigenvalue weighted by Crippen LogP contribution is 2.24. The van der Waals surface area contributed by atoms with E-state index in [9.17, 15) is 0 Å². The van der Waals surface area contributed by atoms with Gasteiger partial charge >= 0.3 is 0 Å². The molecule has 116 valence electrons. The van der Waals surface area contributed by atoms with Crippen LogP contribution in [0.1, 0.15) is 5.01 Å². The first kappa shape index (κ1) is 15.1. The summed E-state index contributed by atoms with van der Waals surface area (Å²) in [6, 6.07) is 0. The van der Waals surface area contributed by atoms with E-state index in [0.29, 0.717) is 6.61 Å². The van der Waals surface area contributed by atoms with E-state index >= 15 is 0 Å². The number of ether oxygens (including phenoxy) is 2. The third kappa shape index (κ3) is 3.90. The van der Waals surface area contributed by atoms with Gasteiger partial charge in [-0.1, -0.05) is 6.08 Å². The zero-order valence-electron chi connectivity index (χ0n) is 12.4. The number of rotatable bonds is 4. The lowest BCUT2D eigenvalue weighted by Gasteiger charge is -2.43. The van der Waals surface area contributed by atoms with E-state index in [4.69, 9.17) is 9.47 Å². The van der Waals surface area contributed by atoms with Crippen LogP contribution in [-0.4, -0.2) is 72.9 Å². The predicted molar refractivity (Wildman–Crippen MR) is 83.5 cm³/mol. The van der Waals surface area contributed by atoms with Crippen LogP contribution in [0.3, 0.4) is 0 Å². The maximum absolute atomic E-state index is 6.15. The quantitative estimate of drug-likeness (QED) is 0.782. The highest BCUT2D eigenvalue weighted by atomic mass is 32.1. The molecule has 0 amide bonds. The second-order valence-electron chi connectivity index (χ2n) is 5.74. The molecule has 2 aliphatic heterocycles. The molecule has 1 aromatic rings. The molecule has 2 saturated heterocycles. The van der Waals surface area contributed by atoms with E-state index in [1.165, 1.54) is 5.01 Å². The minimum atomic E-state index is -0.213. The SMILES string of the molecule is C=CCN1CCOC[C@@]2(C1)CN(Cc1nccs1)CCO2. The summed E-state index contributed by atoms with van der Waals surface area (Å²) < 4.78 is 12.0. The fourth-order valence-electron chi connectivity index (χ4n) is 3.09. The van der Waals surface area contributed by atoms with E-state index < -0.39 is 0 Å². The van der Waals surface area contributed by atoms with Gasteiger partial charge in [0.1, 0.15) is 10.6 Å². The fourth-order valence-corrected chi connectivity index (χ4v) is 3.74. The van der Waals surface area contributed by atoms with Crippen LogP contribution in [0.5, 0.6) is 0 Å². The molecule has 1 atom stereocenters. The summed E-state index contributed by atoms with van der Waals surface area (Å²) in [6.07, 6.45) is 3.83. The highest BCUT2D eigenvalue weighted by Gasteiger charge is 2.40. The van der Waals surface area contributed by atoms with Crippen LogP contribution in [-0.2, 0) is 16.0 Å². The predicted octanol–water partition coefficient (Wildman–Crippen LogP) is 1.23. The van der Waals surface area contributed by atoms with Crippen molar-refractivity contribution >= 4 is 11.3 Å². The first-order valence-corrected chi connectivity index (χ1v) is 8.33. The number of nitrogens with zero attached hydrogens (tertiary/aromatic N) is 3. The normalized spacial score (nSPS) is 28.6. The van der Waals surface area contributed by atoms with Crippen molar-refractivity contribution in [2.24, 2.45) is 0 Å². The molecule has 3 heterocycles. The topological polar surface area (TPSA) is 37.8 Å². The van der Waals surface area contributed by atoms with Gasteiger partial charge in [0, 0.05) is 44.3 Å². The molecule has 2 aliphatic rings. The van der Waals surface area contributed by atoms with Crippen LogP contribution in [0, 0.1) is 0 Å². The lowest BCUT2D eigenvalue weighted by atomic mass is 10.0. The van der Waals surface area contributed by atoms with Gasteiger partial charge in [-0.3, -0.25) is 9.80 Å². The third-order valence-corrected chi connectivity index (χ3v) is 4.75. The van der Waals surface area contributed by atoms with Gasteiger partial charge in [0.2, 0.25) is 0 Å². The largest absolute Gasteiger partial charge is 0.377 e. The Labute approximate surface area is 130 Å². The molecular weight excluding hydrogens is 286 g/mol. The zero-order chi connectivity index (χ0) is 14.5. The lowest BCUT2D eigenvalue weighted by Crippen LogP contribution is -2.58. The molecule has 0 aliphatic carbocycles. The second-order valence-corrected chi connectivity index (χ2v) is 6.72. The molecule has 5 nitrogen and oxygen atoms in total. The van der Waals surface area contributed by atoms with Gasteiger partial charge in [-0.05, 0) is 0 Å². The van der Waals surface area contributed by atoms with Crippen molar-refractivity contribution in [3.05, 3.63) is 29.2 Å². The Kier molecular flexibility index (Phi) is 5.03. The molecule has 1 aromatic heterocycles. The maximum Gasteiger partial charge on any atom is 0.117 e. The van der Waals surface area contributed by atoms with Crippen molar-refractivity contribution in [3.63, 3.8) is 0 Å². The second kappa shape index (κ2) is 6.98. The monoisotopic (exact) mass is 309 g/mol. The van der Waals surface area contributed by atoms with Gasteiger partial charge in [0.15, 0.2) is 0 Å². The minimum Gasteiger partial charge on any atom is -0.377 e. The molecular formula is C15H23N3O2S. The molecule has 0 unspecified atom stereocenters. The number of aromatic nitrogens is 1. The van der Waals surface area contributed by atoms with Crippen molar-refractivity contribution < 1.29 is 9.47 Å². The summed E-state index contributed by atoms with van der Waals surface area (Å²) >= 11 is 1.72. The third-order valence-electron chi connectivity index (χ3n) is 3.99. The van der Waals surface area contributed by atoms with Gasteiger partial charge in [-0.25, -0.2) is 4.98 Å². The Morgan fingerprint density at radius 2 is 2.19 bits per heavy atom. The molecule has 1 spiro atoms. The first-order valence-electron chi connectivity index (χ1n) is 7.45. The maximum atomic E-state index is 6.15. The lowest BCUT2D eigenvalue weighted by molar-refractivity contribution is -0.142. The minimum absolute atomic E-state index is 0.213. The van der Waals surface area contributed by atoms with Crippen LogP contribution in [0.2, 0.25) is 0 Å². The van der Waals surface area contributed by atoms with Crippen molar-refractivity contribution in [1.29, 1.82) is 0 Å². The van der Waals surface area contributed by atoms with Gasteiger partial charge < -0.3 is 9.47 Å². The molecule has 6 heteroatoms. The zero-order valence-corrected chi connectivity index (χ0v) is 13.2. The summed E-state index contributed by atoms with van der Waals surface area (Å²) in [6.45, 7) is 11.6. The van der Waals surface area contributed by atoms with Gasteiger partial charge in [0.05, 0.1) is 26.4 Å². The molecule has 3 rings (SSSR count). The van der Waals surface area contributed by atoms with Crippen LogP contribution in [0.15, 0.2) is 24.2 Å². The van der Waals surface area contributed by atoms with Gasteiger partial charge in [-0.15, -0.1) is 17.9 Å². The summed E-state index contributed by atoms with van der Waals surface area (Å²) in [5.74, 6) is 0. The summed E-state index contributed by atoms with van der Waals surface area (Å²) in [5, 5.41) is 3.20. The Bertz CT molecular complexity index is 454. The van der Waals surface area contributed by atoms with E-state index in [2.05, 4.69) is 21.4 Å². The number of thiazole rings is 1. The van der Waals surface area contributed by atoms with Crippen molar-refractivity contribution in [2.45, 2.75) is 12.1 Å². The van der Waals surface area contributed by atoms with Crippen molar-refractivity contribution in [1.82, 2.24) is 14.8 Å². The first-order chi connectivity index (χ1) is 10.3. The Balaban J connectivity index is 1.66. The average molecular weight is 309 g/mol. The van der Waals surface area contributed by atoms with Crippen LogP contribution >= 0.6 is 11.3 Å². The molecule has 2 fully saturated rings. The van der Waals surface area contributed by atoms with Crippen molar-refractivity contribution in [3.8, 4) is 0 Å². The van der Waals surface area contributed by atoms with Crippen molar-refractivity contribution in [2.75, 3.05) is 52.5 Å². The van der Waals surface area contributed by atoms with E-state index in [0.717, 1.165) is 52.5 Å². The molecule has 0 aromatic carbocycles. The Morgan fingerprint density at radius 3 is 3.00 bits per heavy atom. The number of hydrogen-bond acceptors (Lipinski definition) is 6. The average Bonchev–Trinajstić information content (AvgIpc) is 2.90. The number of hydrogen-bond donors (Lipinski definition) is 0. The van der Waals surface area contributed by atoms with E-state index in [-0.39, 0.29) is 5.60 Å². The molecule has 0 bridgehead atoms. The molecule has 0 saturated carbocycles. The highest BCUT2D eigenvalue weighted by molar-refractivity contribution is 7.09. The van der Waals surface area contributed by atoms with Gasteiger partial charge in [0.25, 0.3) is 0 Å². The van der Waals surface area contributed by atoms with Crippen LogP contribution in [0.25, 0.3) is 0 Å². The summed E-state index contributed by atoms with van der Waals surface area (Å²) in [7, 11) is 0. The van der Waals surface area contributed by atoms with Crippen LogP contribution < -0.4 is 0 Å². The fraction of sp³-hybridized carbons (Fsp3) is 0.667. The van der Waals surface area contributed by atoms with Crippen LogP contribution in [0.4, 0.5) is 0 Å². The van der Waals surface area contributed by atoms with Gasteiger partial charge in [-0.2, -0.15) is 0 Å². The van der Waals surface area contributed by atoms with E-state index in [1.54, 1.807) is 11.3 Å². The smallest absolute Gasteiger partial charge is 0.117 e. The van der Waals surface area contributed by atoms with E-state index in [1.807, 2.05) is 17.7 Å². The molecule has 0 radical (unpaired) electrons. The standard InChI is InChI=1S/C15H23N3O2S/c1-2-4-17-5-7-19-13-15(11-17)12-18(6-8-20-15)10-14-16-3-9-21-14/h2-3,9H,1,4-8,10-13H2/t15-/m1/s1. The molecule has 21 heavy (non-hydrogen) atoms. The summed E-state index contributed by atoms with van der Waals surface area (Å²) in [4.78, 5) is 9.19. The Morgan fingerprint density at radius 1 is 1.33 bits per heavy atom.